The minimum Gasteiger partial charge on any atom is -0.508 e. The largest absolute Gasteiger partial charge is 0.508 e. The summed E-state index contributed by atoms with van der Waals surface area (Å²) < 4.78 is 27.3. The Balaban J connectivity index is 2.05. The Kier molecular flexibility index (Phi) is 5.76. The van der Waals surface area contributed by atoms with Crippen LogP contribution in [0.1, 0.15) is 12.5 Å². The molecule has 0 aliphatic heterocycles. The number of fused-ring (bicyclic) bond motifs is 1. The topological polar surface area (TPSA) is 161 Å². The van der Waals surface area contributed by atoms with Gasteiger partial charge in [-0.2, -0.15) is 4.31 Å². The van der Waals surface area contributed by atoms with Crippen molar-refractivity contribution in [1.29, 1.82) is 0 Å². The van der Waals surface area contributed by atoms with Crippen molar-refractivity contribution in [3.63, 3.8) is 0 Å². The fraction of sp³-hybridized carbons (Fsp3) is 0.211. The van der Waals surface area contributed by atoms with Gasteiger partial charge in [-0.1, -0.05) is 19.1 Å². The van der Waals surface area contributed by atoms with Crippen molar-refractivity contribution < 1.29 is 23.4 Å². The number of aliphatic carboxylic acids is 1. The van der Waals surface area contributed by atoms with E-state index in [1.54, 1.807) is 0 Å². The lowest BCUT2D eigenvalue weighted by Gasteiger charge is -2.27. The first-order valence-corrected chi connectivity index (χ1v) is 10.4. The van der Waals surface area contributed by atoms with Crippen LogP contribution in [0, 0.1) is 0 Å². The van der Waals surface area contributed by atoms with Crippen LogP contribution in [0.4, 0.5) is 0 Å². The van der Waals surface area contributed by atoms with Gasteiger partial charge in [0.05, 0.1) is 15.8 Å². The molecule has 10 nitrogen and oxygen atoms in total. The van der Waals surface area contributed by atoms with E-state index in [4.69, 9.17) is 0 Å². The van der Waals surface area contributed by atoms with E-state index < -0.39 is 33.3 Å². The molecular formula is C19H19N3O7S. The number of aromatic hydroxyl groups is 1. The molecule has 0 saturated carbocycles. The lowest BCUT2D eigenvalue weighted by molar-refractivity contribution is -0.141. The van der Waals surface area contributed by atoms with Gasteiger partial charge in [0, 0.05) is 6.54 Å². The number of hydrogen-bond acceptors (Lipinski definition) is 6. The molecule has 3 rings (SSSR count). The summed E-state index contributed by atoms with van der Waals surface area (Å²) in [7, 11) is -4.28. The van der Waals surface area contributed by atoms with Gasteiger partial charge in [-0.15, -0.1) is 0 Å². The zero-order chi connectivity index (χ0) is 22.1. The van der Waals surface area contributed by atoms with Gasteiger partial charge in [0.2, 0.25) is 10.0 Å². The average molecular weight is 433 g/mol. The van der Waals surface area contributed by atoms with E-state index in [2.05, 4.69) is 4.98 Å². The van der Waals surface area contributed by atoms with Crippen LogP contribution in [0.25, 0.3) is 10.9 Å². The van der Waals surface area contributed by atoms with Crippen LogP contribution >= 0.6 is 0 Å². The molecule has 2 aromatic carbocycles. The van der Waals surface area contributed by atoms with Crippen molar-refractivity contribution >= 4 is 26.9 Å². The number of carboxylic acids is 1. The highest BCUT2D eigenvalue weighted by Crippen LogP contribution is 2.23. The van der Waals surface area contributed by atoms with Crippen LogP contribution in [-0.2, 0) is 21.2 Å². The summed E-state index contributed by atoms with van der Waals surface area (Å²) in [5, 5.41) is 19.0. The Labute approximate surface area is 170 Å². The number of H-pyrrole nitrogens is 2. The summed E-state index contributed by atoms with van der Waals surface area (Å²) in [4.78, 5) is 39.5. The Morgan fingerprint density at radius 2 is 1.77 bits per heavy atom. The predicted molar refractivity (Wildman–Crippen MR) is 108 cm³/mol. The van der Waals surface area contributed by atoms with Crippen molar-refractivity contribution in [2.75, 3.05) is 6.54 Å². The third kappa shape index (κ3) is 4.11. The maximum absolute atomic E-state index is 13.2. The molecule has 0 bridgehead atoms. The van der Waals surface area contributed by atoms with Crippen molar-refractivity contribution in [2.24, 2.45) is 0 Å². The van der Waals surface area contributed by atoms with Gasteiger partial charge in [-0.3, -0.25) is 14.6 Å². The summed E-state index contributed by atoms with van der Waals surface area (Å²) >= 11 is 0. The number of nitrogens with zero attached hydrogens (tertiary/aromatic N) is 1. The molecule has 1 atom stereocenters. The molecule has 11 heteroatoms. The van der Waals surface area contributed by atoms with Crippen LogP contribution in [0.5, 0.6) is 5.75 Å². The Hall–Kier alpha value is -3.44. The molecule has 0 aliphatic rings. The third-order valence-corrected chi connectivity index (χ3v) is 6.61. The fourth-order valence-electron chi connectivity index (χ4n) is 3.17. The van der Waals surface area contributed by atoms with Crippen molar-refractivity contribution in [2.45, 2.75) is 24.3 Å². The molecule has 1 aromatic heterocycles. The molecule has 4 N–H and O–H groups in total. The van der Waals surface area contributed by atoms with Gasteiger partial charge in [0.15, 0.2) is 0 Å². The van der Waals surface area contributed by atoms with Crippen molar-refractivity contribution in [1.82, 2.24) is 14.3 Å². The molecule has 0 aliphatic carbocycles. The number of phenolic OH excluding ortho intramolecular Hbond substituents is 1. The number of phenols is 1. The zero-order valence-corrected chi connectivity index (χ0v) is 16.6. The summed E-state index contributed by atoms with van der Waals surface area (Å²) in [6, 6.07) is 7.97. The lowest BCUT2D eigenvalue weighted by Crippen LogP contribution is -2.46. The molecule has 0 fully saturated rings. The van der Waals surface area contributed by atoms with E-state index in [1.165, 1.54) is 43.3 Å². The summed E-state index contributed by atoms with van der Waals surface area (Å²) in [5.74, 6) is -1.33. The number of likely N-dealkylation sites (N-methyl/N-ethyl adjacent to an activating group) is 1. The van der Waals surface area contributed by atoms with E-state index >= 15 is 0 Å². The van der Waals surface area contributed by atoms with Crippen LogP contribution in [0.15, 0.2) is 56.9 Å². The minimum atomic E-state index is -4.28. The predicted octanol–water partition coefficient (Wildman–Crippen LogP) is 0.628. The molecule has 1 heterocycles. The van der Waals surface area contributed by atoms with Crippen LogP contribution < -0.4 is 11.2 Å². The number of nitrogens with one attached hydrogen (secondary N) is 2. The SMILES string of the molecule is CCN([C@@H](Cc1ccc(O)cc1)C(=O)O)S(=O)(=O)c1ccc2[nH]c(=O)[nH]c(=O)c2c1. The second kappa shape index (κ2) is 8.13. The number of hydrogen-bond donors (Lipinski definition) is 4. The molecule has 158 valence electrons. The highest BCUT2D eigenvalue weighted by atomic mass is 32.2. The highest BCUT2D eigenvalue weighted by Gasteiger charge is 2.35. The molecule has 0 radical (unpaired) electrons. The molecule has 3 aromatic rings. The number of benzene rings is 2. The Morgan fingerprint density at radius 3 is 2.37 bits per heavy atom. The van der Waals surface area contributed by atoms with Gasteiger partial charge in [-0.05, 0) is 42.3 Å². The van der Waals surface area contributed by atoms with E-state index in [9.17, 15) is 33.0 Å². The molecule has 0 saturated heterocycles. The van der Waals surface area contributed by atoms with Gasteiger partial charge in [0.1, 0.15) is 11.8 Å². The first kappa shape index (κ1) is 21.3. The molecule has 0 amide bonds. The quantitative estimate of drug-likeness (QED) is 0.425. The van der Waals surface area contributed by atoms with Crippen LogP contribution in [0.3, 0.4) is 0 Å². The number of sulfonamides is 1. The normalized spacial score (nSPS) is 12.9. The van der Waals surface area contributed by atoms with E-state index in [0.717, 1.165) is 10.4 Å². The van der Waals surface area contributed by atoms with Gasteiger partial charge in [0.25, 0.3) is 5.56 Å². The summed E-state index contributed by atoms with van der Waals surface area (Å²) in [5.41, 5.74) is -0.795. The summed E-state index contributed by atoms with van der Waals surface area (Å²) in [6.45, 7) is 1.38. The van der Waals surface area contributed by atoms with Gasteiger partial charge >= 0.3 is 11.7 Å². The number of aromatic nitrogens is 2. The maximum Gasteiger partial charge on any atom is 0.326 e. The second-order valence-corrected chi connectivity index (χ2v) is 8.44. The Morgan fingerprint density at radius 1 is 1.10 bits per heavy atom. The highest BCUT2D eigenvalue weighted by molar-refractivity contribution is 7.89. The number of carbonyl (C=O) groups is 1. The minimum absolute atomic E-state index is 0.00465. The van der Waals surface area contributed by atoms with E-state index in [1.807, 2.05) is 4.98 Å². The molecule has 30 heavy (non-hydrogen) atoms. The number of aromatic amines is 2. The fourth-order valence-corrected chi connectivity index (χ4v) is 4.78. The summed E-state index contributed by atoms with van der Waals surface area (Å²) in [6.07, 6.45) is -0.121. The lowest BCUT2D eigenvalue weighted by atomic mass is 10.1. The van der Waals surface area contributed by atoms with Crippen molar-refractivity contribution in [3.05, 3.63) is 68.9 Å². The van der Waals surface area contributed by atoms with Crippen LogP contribution in [-0.4, -0.2) is 51.5 Å². The molecule has 0 unspecified atom stereocenters. The third-order valence-electron chi connectivity index (χ3n) is 4.63. The maximum atomic E-state index is 13.2. The van der Waals surface area contributed by atoms with E-state index in [-0.39, 0.29) is 34.5 Å². The van der Waals surface area contributed by atoms with Gasteiger partial charge in [-0.25, -0.2) is 13.2 Å². The second-order valence-electron chi connectivity index (χ2n) is 6.55. The van der Waals surface area contributed by atoms with E-state index in [0.29, 0.717) is 5.56 Å². The first-order valence-electron chi connectivity index (χ1n) is 8.92. The smallest absolute Gasteiger partial charge is 0.326 e. The zero-order valence-electron chi connectivity index (χ0n) is 15.8. The van der Waals surface area contributed by atoms with Crippen molar-refractivity contribution in [3.8, 4) is 5.75 Å². The molecular weight excluding hydrogens is 414 g/mol. The number of rotatable bonds is 7. The Bertz CT molecular complexity index is 1310. The standard InChI is InChI=1S/C19H19N3O7S/c1-2-22(16(18(25)26)9-11-3-5-12(23)6-4-11)30(28,29)13-7-8-15-14(10-13)17(24)21-19(27)20-15/h3-8,10,16,23H,2,9H2,1H3,(H,25,26)(H2,20,21,24,27)/t16-/m0/s1. The average Bonchev–Trinajstić information content (AvgIpc) is 2.68. The number of carboxylic acid groups (broad SMARTS) is 1. The van der Waals surface area contributed by atoms with Crippen LogP contribution in [0.2, 0.25) is 0 Å². The monoisotopic (exact) mass is 433 g/mol. The molecule has 0 spiro atoms. The van der Waals surface area contributed by atoms with Gasteiger partial charge < -0.3 is 15.2 Å². The first-order chi connectivity index (χ1) is 14.1.